The molecule has 37 heavy (non-hydrogen) atoms. The van der Waals surface area contributed by atoms with Gasteiger partial charge in [-0.1, -0.05) is 33.6 Å². The number of aromatic hydroxyl groups is 1. The summed E-state index contributed by atoms with van der Waals surface area (Å²) < 4.78 is 5.18. The van der Waals surface area contributed by atoms with Crippen LogP contribution in [-0.2, 0) is 19.2 Å². The summed E-state index contributed by atoms with van der Waals surface area (Å²) in [7, 11) is 1.42. The summed E-state index contributed by atoms with van der Waals surface area (Å²) in [5.41, 5.74) is 0.308. The third-order valence-corrected chi connectivity index (χ3v) is 10.1. The number of phenolic OH excluding ortho intramolecular Hbond substituents is 1. The first-order valence-electron chi connectivity index (χ1n) is 12.0. The summed E-state index contributed by atoms with van der Waals surface area (Å²) in [5.74, 6) is -4.68. The molecule has 198 valence electrons. The van der Waals surface area contributed by atoms with Crippen LogP contribution in [0.2, 0.25) is 0 Å². The van der Waals surface area contributed by atoms with Crippen molar-refractivity contribution < 1.29 is 29.0 Å². The Kier molecular flexibility index (Phi) is 6.05. The van der Waals surface area contributed by atoms with Crippen molar-refractivity contribution in [3.8, 4) is 11.5 Å². The number of hydrogen-bond donors (Lipinski definition) is 1. The number of nitrogens with zero attached hydrogens (tertiary/aromatic N) is 2. The quantitative estimate of drug-likeness (QED) is 0.240. The third kappa shape index (κ3) is 3.32. The number of likely N-dealkylation sites (tertiary alicyclic amines) is 2. The van der Waals surface area contributed by atoms with E-state index in [1.807, 2.05) is 6.08 Å². The molecule has 4 amide bonds. The van der Waals surface area contributed by atoms with Crippen molar-refractivity contribution in [2.45, 2.75) is 54.8 Å². The number of carbonyl (C=O) groups excluding carboxylic acids is 4. The van der Waals surface area contributed by atoms with Gasteiger partial charge in [-0.2, -0.15) is 0 Å². The molecule has 0 aromatic heterocycles. The Balaban J connectivity index is 1.72. The van der Waals surface area contributed by atoms with Gasteiger partial charge in [0.2, 0.25) is 11.8 Å². The Labute approximate surface area is 233 Å². The molecule has 8 nitrogen and oxygen atoms in total. The molecule has 5 rings (SSSR count). The van der Waals surface area contributed by atoms with Gasteiger partial charge in [0.05, 0.1) is 24.4 Å². The van der Waals surface area contributed by atoms with Gasteiger partial charge in [-0.3, -0.25) is 29.0 Å². The molecule has 2 heterocycles. The molecule has 2 saturated heterocycles. The largest absolute Gasteiger partial charge is 0.504 e. The van der Waals surface area contributed by atoms with E-state index in [9.17, 15) is 24.3 Å². The molecule has 11 heteroatoms. The van der Waals surface area contributed by atoms with E-state index < -0.39 is 50.8 Å². The number of amides is 4. The zero-order chi connectivity index (χ0) is 27.2. The summed E-state index contributed by atoms with van der Waals surface area (Å²) in [6.07, 6.45) is 2.08. The number of hydrogen-bond acceptors (Lipinski definition) is 6. The molecule has 1 aromatic carbocycles. The lowest BCUT2D eigenvalue weighted by molar-refractivity contribution is -0.146. The molecule has 1 aromatic rings. The number of methoxy groups -OCH3 is 1. The van der Waals surface area contributed by atoms with Crippen molar-refractivity contribution in [1.82, 2.24) is 9.80 Å². The Hall–Kier alpha value is -2.10. The highest BCUT2D eigenvalue weighted by Crippen LogP contribution is 2.65. The lowest BCUT2D eigenvalue weighted by Crippen LogP contribution is -2.60. The second-order valence-corrected chi connectivity index (χ2v) is 12.8. The standard InChI is InChI=1S/C26H27BrCl2N2O6/c1-24(2,3)31-20(33)14-7-6-13-15(18(14)21(31)34)10-25(28)22(35)30(11-27)23(36)26(25,29)19(13)12-5-8-17(37-4)16(32)9-12/h5-6,8-9,14-15,18-19,32H,7,10-11H2,1-4H3/t14-,15+,18-,19-,25+,26-/m0/s1. The minimum absolute atomic E-state index is 0.0746. The van der Waals surface area contributed by atoms with Crippen LogP contribution in [0.4, 0.5) is 0 Å². The van der Waals surface area contributed by atoms with Crippen molar-refractivity contribution in [1.29, 1.82) is 0 Å². The SMILES string of the molecule is COc1ccc([C@H]2C3=CC[C@@H]4C(=O)N(C(C)(C)C)C(=O)[C@@H]4[C@@H]3C[C@@]3(Cl)C(=O)N(CBr)C(=O)[C@@]23Cl)cc1O. The second kappa shape index (κ2) is 8.45. The van der Waals surface area contributed by atoms with Gasteiger partial charge >= 0.3 is 0 Å². The lowest BCUT2D eigenvalue weighted by atomic mass is 9.56. The molecule has 0 bridgehead atoms. The van der Waals surface area contributed by atoms with Crippen molar-refractivity contribution in [2.75, 3.05) is 12.6 Å². The van der Waals surface area contributed by atoms with E-state index in [0.29, 0.717) is 17.6 Å². The van der Waals surface area contributed by atoms with Gasteiger partial charge in [0.15, 0.2) is 21.2 Å². The minimum atomic E-state index is -1.91. The molecule has 1 saturated carbocycles. The first-order valence-corrected chi connectivity index (χ1v) is 13.9. The predicted molar refractivity (Wildman–Crippen MR) is 140 cm³/mol. The van der Waals surface area contributed by atoms with Crippen LogP contribution in [-0.4, -0.2) is 66.4 Å². The Morgan fingerprint density at radius 3 is 2.35 bits per heavy atom. The smallest absolute Gasteiger partial charge is 0.254 e. The molecule has 2 aliphatic heterocycles. The monoisotopic (exact) mass is 612 g/mol. The third-order valence-electron chi connectivity index (χ3n) is 8.22. The maximum absolute atomic E-state index is 13.8. The fraction of sp³-hybridized carbons (Fsp3) is 0.538. The molecule has 0 spiro atoms. The van der Waals surface area contributed by atoms with Gasteiger partial charge in [-0.05, 0) is 57.2 Å². The van der Waals surface area contributed by atoms with E-state index in [-0.39, 0.29) is 35.2 Å². The number of rotatable bonds is 3. The van der Waals surface area contributed by atoms with Crippen molar-refractivity contribution in [2.24, 2.45) is 17.8 Å². The van der Waals surface area contributed by atoms with Gasteiger partial charge in [0.25, 0.3) is 11.8 Å². The van der Waals surface area contributed by atoms with Crippen molar-refractivity contribution >= 4 is 62.8 Å². The maximum Gasteiger partial charge on any atom is 0.254 e. The van der Waals surface area contributed by atoms with E-state index >= 15 is 0 Å². The van der Waals surface area contributed by atoms with Crippen LogP contribution >= 0.6 is 39.1 Å². The van der Waals surface area contributed by atoms with Gasteiger partial charge in [0.1, 0.15) is 0 Å². The maximum atomic E-state index is 13.8. The molecule has 2 aliphatic carbocycles. The summed E-state index contributed by atoms with van der Waals surface area (Å²) in [6, 6.07) is 4.65. The van der Waals surface area contributed by atoms with Crippen LogP contribution in [0.15, 0.2) is 29.8 Å². The molecular weight excluding hydrogens is 587 g/mol. The molecule has 4 aliphatic rings. The number of allylic oxidation sites excluding steroid dienone is 2. The van der Waals surface area contributed by atoms with Crippen molar-refractivity contribution in [3.63, 3.8) is 0 Å². The number of phenols is 1. The van der Waals surface area contributed by atoms with E-state index in [4.69, 9.17) is 27.9 Å². The highest BCUT2D eigenvalue weighted by Gasteiger charge is 2.76. The Morgan fingerprint density at radius 2 is 1.78 bits per heavy atom. The highest BCUT2D eigenvalue weighted by molar-refractivity contribution is 9.09. The zero-order valence-corrected chi connectivity index (χ0v) is 23.9. The summed E-state index contributed by atoms with van der Waals surface area (Å²) >= 11 is 17.5. The first kappa shape index (κ1) is 26.5. The molecule has 0 unspecified atom stereocenters. The molecule has 1 N–H and O–H groups in total. The second-order valence-electron chi connectivity index (χ2n) is 11.1. The summed E-state index contributed by atoms with van der Waals surface area (Å²) in [4.78, 5) is 52.9. The first-order chi connectivity index (χ1) is 17.2. The Morgan fingerprint density at radius 1 is 1.11 bits per heavy atom. The summed E-state index contributed by atoms with van der Waals surface area (Å²) in [6.45, 7) is 5.41. The van der Waals surface area contributed by atoms with Crippen LogP contribution in [0.3, 0.4) is 0 Å². The predicted octanol–water partition coefficient (Wildman–Crippen LogP) is 3.91. The minimum Gasteiger partial charge on any atom is -0.504 e. The number of halogens is 3. The van der Waals surface area contributed by atoms with Gasteiger partial charge < -0.3 is 9.84 Å². The zero-order valence-electron chi connectivity index (χ0n) is 20.8. The van der Waals surface area contributed by atoms with Gasteiger partial charge in [-0.15, -0.1) is 23.2 Å². The lowest BCUT2D eigenvalue weighted by Gasteiger charge is -2.50. The van der Waals surface area contributed by atoms with E-state index in [1.54, 1.807) is 32.9 Å². The van der Waals surface area contributed by atoms with E-state index in [1.165, 1.54) is 18.1 Å². The van der Waals surface area contributed by atoms with Crippen molar-refractivity contribution in [3.05, 3.63) is 35.4 Å². The van der Waals surface area contributed by atoms with Crippen LogP contribution < -0.4 is 4.74 Å². The molecule has 6 atom stereocenters. The molecular formula is C26H27BrCl2N2O6. The molecule has 0 radical (unpaired) electrons. The van der Waals surface area contributed by atoms with Crippen LogP contribution in [0.25, 0.3) is 0 Å². The average Bonchev–Trinajstić information content (AvgIpc) is 3.17. The number of ether oxygens (including phenoxy) is 1. The van der Waals surface area contributed by atoms with Gasteiger partial charge in [-0.25, -0.2) is 0 Å². The number of fused-ring (bicyclic) bond motifs is 4. The fourth-order valence-corrected chi connectivity index (χ4v) is 8.10. The van der Waals surface area contributed by atoms with Gasteiger partial charge in [0, 0.05) is 11.5 Å². The van der Waals surface area contributed by atoms with Crippen LogP contribution in [0, 0.1) is 17.8 Å². The number of alkyl halides is 3. The average molecular weight is 614 g/mol. The summed E-state index contributed by atoms with van der Waals surface area (Å²) in [5, 5.41) is 10.6. The number of benzene rings is 1. The number of carbonyl (C=O) groups is 4. The molecule has 3 fully saturated rings. The van der Waals surface area contributed by atoms with E-state index in [0.717, 1.165) is 4.90 Å². The van der Waals surface area contributed by atoms with E-state index in [2.05, 4.69) is 15.9 Å². The van der Waals surface area contributed by atoms with Crippen LogP contribution in [0.5, 0.6) is 11.5 Å². The topological polar surface area (TPSA) is 104 Å². The highest BCUT2D eigenvalue weighted by atomic mass is 79.9. The number of imide groups is 2. The normalized spacial score (nSPS) is 35.4. The fourth-order valence-electron chi connectivity index (χ4n) is 6.67. The Bertz CT molecular complexity index is 1280. The van der Waals surface area contributed by atoms with Crippen LogP contribution in [0.1, 0.15) is 45.1 Å².